The summed E-state index contributed by atoms with van der Waals surface area (Å²) in [6, 6.07) is 18.4. The summed E-state index contributed by atoms with van der Waals surface area (Å²) < 4.78 is 4.92. The first-order valence-electron chi connectivity index (χ1n) is 6.36. The second kappa shape index (κ2) is 5.11. The predicted molar refractivity (Wildman–Crippen MR) is 75.4 cm³/mol. The minimum atomic E-state index is -0.188. The number of hydrogen-bond donors (Lipinski definition) is 0. The zero-order valence-corrected chi connectivity index (χ0v) is 10.5. The highest BCUT2D eigenvalue weighted by molar-refractivity contribution is 5.95. The van der Waals surface area contributed by atoms with Crippen LogP contribution in [0.4, 0.5) is 0 Å². The van der Waals surface area contributed by atoms with Gasteiger partial charge in [0, 0.05) is 12.0 Å². The Morgan fingerprint density at radius 2 is 1.58 bits per heavy atom. The Balaban J connectivity index is 1.85. The van der Waals surface area contributed by atoms with E-state index in [4.69, 9.17) is 4.74 Å². The molecule has 94 valence electrons. The topological polar surface area (TPSA) is 26.3 Å². The first kappa shape index (κ1) is 11.7. The summed E-state index contributed by atoms with van der Waals surface area (Å²) in [7, 11) is 0. The van der Waals surface area contributed by atoms with E-state index in [0.717, 1.165) is 11.1 Å². The molecule has 1 fully saturated rings. The Labute approximate surface area is 112 Å². The van der Waals surface area contributed by atoms with Crippen LogP contribution in [0.15, 0.2) is 60.2 Å². The normalized spacial score (nSPS) is 16.6. The third-order valence-corrected chi connectivity index (χ3v) is 3.23. The van der Waals surface area contributed by atoms with Crippen molar-refractivity contribution in [2.75, 3.05) is 6.61 Å². The Morgan fingerprint density at radius 3 is 2.21 bits per heavy atom. The molecule has 0 aromatic heterocycles. The van der Waals surface area contributed by atoms with Gasteiger partial charge in [-0.05, 0) is 22.8 Å². The van der Waals surface area contributed by atoms with Gasteiger partial charge in [-0.2, -0.15) is 0 Å². The minimum Gasteiger partial charge on any atom is -0.462 e. The van der Waals surface area contributed by atoms with Gasteiger partial charge in [0.05, 0.1) is 6.61 Å². The third-order valence-electron chi connectivity index (χ3n) is 3.23. The Morgan fingerprint density at radius 1 is 0.895 bits per heavy atom. The molecule has 0 spiro atoms. The van der Waals surface area contributed by atoms with Gasteiger partial charge in [0.1, 0.15) is 0 Å². The van der Waals surface area contributed by atoms with E-state index in [1.807, 2.05) is 36.4 Å². The molecule has 0 bridgehead atoms. The molecule has 0 N–H and O–H groups in total. The number of carbonyl (C=O) groups is 1. The molecule has 1 aliphatic heterocycles. The van der Waals surface area contributed by atoms with Gasteiger partial charge in [-0.3, -0.25) is 0 Å². The second-order valence-corrected chi connectivity index (χ2v) is 4.54. The fraction of sp³-hybridized carbons (Fsp3) is 0.118. The molecule has 2 heteroatoms. The van der Waals surface area contributed by atoms with Crippen molar-refractivity contribution in [3.05, 3.63) is 65.7 Å². The van der Waals surface area contributed by atoms with E-state index < -0.39 is 0 Å². The lowest BCUT2D eigenvalue weighted by Gasteiger charge is -2.02. The number of ether oxygens (including phenoxy) is 1. The van der Waals surface area contributed by atoms with Gasteiger partial charge < -0.3 is 4.74 Å². The fourth-order valence-electron chi connectivity index (χ4n) is 2.18. The predicted octanol–water partition coefficient (Wildman–Crippen LogP) is 3.68. The molecule has 19 heavy (non-hydrogen) atoms. The Kier molecular flexibility index (Phi) is 3.15. The average molecular weight is 250 g/mol. The van der Waals surface area contributed by atoms with E-state index in [9.17, 15) is 4.79 Å². The van der Waals surface area contributed by atoms with Gasteiger partial charge in [-0.25, -0.2) is 4.79 Å². The van der Waals surface area contributed by atoms with Crippen LogP contribution in [0.1, 0.15) is 12.0 Å². The summed E-state index contributed by atoms with van der Waals surface area (Å²) in [5.74, 6) is -0.188. The summed E-state index contributed by atoms with van der Waals surface area (Å²) in [5.41, 5.74) is 4.17. The maximum absolute atomic E-state index is 11.4. The average Bonchev–Trinajstić information content (AvgIpc) is 2.86. The maximum atomic E-state index is 11.4. The molecular weight excluding hydrogens is 236 g/mol. The van der Waals surface area contributed by atoms with Crippen LogP contribution >= 0.6 is 0 Å². The van der Waals surface area contributed by atoms with Crippen LogP contribution in [-0.2, 0) is 9.53 Å². The lowest BCUT2D eigenvalue weighted by atomic mass is 10.0. The van der Waals surface area contributed by atoms with Gasteiger partial charge in [0.2, 0.25) is 0 Å². The molecular formula is C17H14O2. The Bertz CT molecular complexity index is 609. The van der Waals surface area contributed by atoms with Crippen molar-refractivity contribution in [2.24, 2.45) is 0 Å². The summed E-state index contributed by atoms with van der Waals surface area (Å²) in [4.78, 5) is 11.4. The molecule has 2 nitrogen and oxygen atoms in total. The molecule has 0 saturated carbocycles. The third kappa shape index (κ3) is 2.58. The van der Waals surface area contributed by atoms with Crippen LogP contribution in [0.2, 0.25) is 0 Å². The van der Waals surface area contributed by atoms with Gasteiger partial charge >= 0.3 is 5.97 Å². The van der Waals surface area contributed by atoms with Crippen LogP contribution < -0.4 is 0 Å². The van der Waals surface area contributed by atoms with Gasteiger partial charge in [-0.15, -0.1) is 0 Å². The highest BCUT2D eigenvalue weighted by Crippen LogP contribution is 2.22. The lowest BCUT2D eigenvalue weighted by molar-refractivity contribution is -0.134. The standard InChI is InChI=1S/C17H14O2/c18-17-16(10-11-19-17)12-13-6-8-15(9-7-13)14-4-2-1-3-5-14/h1-9,12H,10-11H2. The van der Waals surface area contributed by atoms with Gasteiger partial charge in [0.25, 0.3) is 0 Å². The van der Waals surface area contributed by atoms with Crippen LogP contribution in [0, 0.1) is 0 Å². The molecule has 0 atom stereocenters. The van der Waals surface area contributed by atoms with Crippen molar-refractivity contribution in [1.82, 2.24) is 0 Å². The zero-order chi connectivity index (χ0) is 13.1. The van der Waals surface area contributed by atoms with Crippen LogP contribution in [0.5, 0.6) is 0 Å². The van der Waals surface area contributed by atoms with Crippen molar-refractivity contribution in [3.63, 3.8) is 0 Å². The molecule has 0 radical (unpaired) electrons. The summed E-state index contributed by atoms with van der Waals surface area (Å²) in [6.45, 7) is 0.507. The molecule has 1 heterocycles. The number of rotatable bonds is 2. The summed E-state index contributed by atoms with van der Waals surface area (Å²) in [6.07, 6.45) is 2.61. The number of carbonyl (C=O) groups excluding carboxylic acids is 1. The number of benzene rings is 2. The highest BCUT2D eigenvalue weighted by Gasteiger charge is 2.17. The van der Waals surface area contributed by atoms with Crippen LogP contribution in [0.25, 0.3) is 17.2 Å². The molecule has 0 unspecified atom stereocenters. The van der Waals surface area contributed by atoms with E-state index in [1.54, 1.807) is 0 Å². The van der Waals surface area contributed by atoms with Crippen molar-refractivity contribution in [2.45, 2.75) is 6.42 Å². The monoisotopic (exact) mass is 250 g/mol. The maximum Gasteiger partial charge on any atom is 0.334 e. The largest absolute Gasteiger partial charge is 0.462 e. The fourth-order valence-corrected chi connectivity index (χ4v) is 2.18. The zero-order valence-electron chi connectivity index (χ0n) is 10.5. The minimum absolute atomic E-state index is 0.188. The lowest BCUT2D eigenvalue weighted by Crippen LogP contribution is -1.94. The quantitative estimate of drug-likeness (QED) is 0.600. The van der Waals surface area contributed by atoms with E-state index in [2.05, 4.69) is 24.3 Å². The van der Waals surface area contributed by atoms with E-state index >= 15 is 0 Å². The van der Waals surface area contributed by atoms with Crippen molar-refractivity contribution >= 4 is 12.0 Å². The first-order chi connectivity index (χ1) is 9.33. The molecule has 2 aromatic rings. The van der Waals surface area contributed by atoms with Crippen molar-refractivity contribution < 1.29 is 9.53 Å². The van der Waals surface area contributed by atoms with E-state index in [-0.39, 0.29) is 5.97 Å². The molecule has 1 aliphatic rings. The SMILES string of the molecule is O=C1OCCC1=Cc1ccc(-c2ccccc2)cc1. The Hall–Kier alpha value is -2.35. The smallest absolute Gasteiger partial charge is 0.334 e. The number of cyclic esters (lactones) is 1. The van der Waals surface area contributed by atoms with Crippen molar-refractivity contribution in [1.29, 1.82) is 0 Å². The molecule has 0 aliphatic carbocycles. The molecule has 1 saturated heterocycles. The van der Waals surface area contributed by atoms with E-state index in [0.29, 0.717) is 13.0 Å². The van der Waals surface area contributed by atoms with Gasteiger partial charge in [0.15, 0.2) is 0 Å². The second-order valence-electron chi connectivity index (χ2n) is 4.54. The first-order valence-corrected chi connectivity index (χ1v) is 6.36. The van der Waals surface area contributed by atoms with Crippen LogP contribution in [0.3, 0.4) is 0 Å². The van der Waals surface area contributed by atoms with E-state index in [1.165, 1.54) is 11.1 Å². The van der Waals surface area contributed by atoms with Gasteiger partial charge in [-0.1, -0.05) is 54.6 Å². The highest BCUT2D eigenvalue weighted by atomic mass is 16.5. The molecule has 0 amide bonds. The number of esters is 1. The number of hydrogen-bond acceptors (Lipinski definition) is 2. The molecule has 2 aromatic carbocycles. The van der Waals surface area contributed by atoms with Crippen molar-refractivity contribution in [3.8, 4) is 11.1 Å². The summed E-state index contributed by atoms with van der Waals surface area (Å²) in [5, 5.41) is 0. The molecule has 3 rings (SSSR count). The van der Waals surface area contributed by atoms with Crippen LogP contribution in [-0.4, -0.2) is 12.6 Å². The summed E-state index contributed by atoms with van der Waals surface area (Å²) >= 11 is 0.